The van der Waals surface area contributed by atoms with Gasteiger partial charge in [0, 0.05) is 12.5 Å². The summed E-state index contributed by atoms with van der Waals surface area (Å²) in [5, 5.41) is 9.12. The highest BCUT2D eigenvalue weighted by Gasteiger charge is 2.36. The van der Waals surface area contributed by atoms with Crippen LogP contribution in [0, 0.1) is 0 Å². The second kappa shape index (κ2) is 8.81. The Hall–Kier alpha value is -3.33. The molecule has 2 aromatic carbocycles. The first-order chi connectivity index (χ1) is 15.1. The molecule has 1 atom stereocenters. The Labute approximate surface area is 184 Å². The molecular weight excluding hydrogens is 416 g/mol. The van der Waals surface area contributed by atoms with Gasteiger partial charge in [0.1, 0.15) is 0 Å². The van der Waals surface area contributed by atoms with Gasteiger partial charge in [-0.15, -0.1) is 10.2 Å². The van der Waals surface area contributed by atoms with E-state index in [1.54, 1.807) is 25.2 Å². The number of para-hydroxylation sites is 2. The fraction of sp³-hybridized carbons (Fsp3) is 0.273. The van der Waals surface area contributed by atoms with Crippen molar-refractivity contribution in [3.8, 4) is 28.6 Å². The number of ether oxygens (including phenoxy) is 3. The highest BCUT2D eigenvalue weighted by molar-refractivity contribution is 7.99. The number of anilines is 1. The average molecular weight is 439 g/mol. The second-order valence-electron chi connectivity index (χ2n) is 6.64. The molecule has 1 aromatic heterocycles. The van der Waals surface area contributed by atoms with Crippen molar-refractivity contribution in [2.24, 2.45) is 0 Å². The molecule has 3 aromatic rings. The minimum Gasteiger partial charge on any atom is -0.493 e. The van der Waals surface area contributed by atoms with Gasteiger partial charge in [0.15, 0.2) is 17.2 Å². The molecule has 4 rings (SSSR count). The van der Waals surface area contributed by atoms with Crippen LogP contribution < -0.4 is 19.1 Å². The molecule has 0 saturated carbocycles. The Morgan fingerprint density at radius 3 is 2.65 bits per heavy atom. The zero-order valence-electron chi connectivity index (χ0n) is 17.7. The number of hydrogen-bond acceptors (Lipinski definition) is 8. The average Bonchev–Trinajstić information content (AvgIpc) is 2.93. The normalized spacial score (nSPS) is 14.7. The van der Waals surface area contributed by atoms with E-state index in [1.165, 1.54) is 18.7 Å². The number of thioether (sulfide) groups is 1. The van der Waals surface area contributed by atoms with Crippen LogP contribution in [-0.4, -0.2) is 41.1 Å². The van der Waals surface area contributed by atoms with Gasteiger partial charge in [0.25, 0.3) is 0 Å². The van der Waals surface area contributed by atoms with Crippen molar-refractivity contribution in [2.45, 2.75) is 25.2 Å². The lowest BCUT2D eigenvalue weighted by Gasteiger charge is -2.31. The van der Waals surface area contributed by atoms with Crippen LogP contribution in [0.3, 0.4) is 0 Å². The number of rotatable bonds is 5. The van der Waals surface area contributed by atoms with Crippen LogP contribution in [0.4, 0.5) is 5.69 Å². The molecule has 2 heterocycles. The van der Waals surface area contributed by atoms with Gasteiger partial charge in [-0.05, 0) is 24.0 Å². The predicted molar refractivity (Wildman–Crippen MR) is 118 cm³/mol. The molecule has 0 saturated heterocycles. The highest BCUT2D eigenvalue weighted by Crippen LogP contribution is 2.46. The lowest BCUT2D eigenvalue weighted by Crippen LogP contribution is -2.36. The third kappa shape index (κ3) is 3.76. The number of methoxy groups -OCH3 is 2. The van der Waals surface area contributed by atoms with Gasteiger partial charge in [-0.3, -0.25) is 9.69 Å². The molecular formula is C22H22N4O4S. The van der Waals surface area contributed by atoms with Crippen molar-refractivity contribution in [1.29, 1.82) is 0 Å². The van der Waals surface area contributed by atoms with Crippen LogP contribution in [0.2, 0.25) is 0 Å². The third-order valence-corrected chi connectivity index (χ3v) is 5.54. The van der Waals surface area contributed by atoms with E-state index in [1.807, 2.05) is 43.3 Å². The summed E-state index contributed by atoms with van der Waals surface area (Å²) in [4.78, 5) is 19.0. The van der Waals surface area contributed by atoms with Crippen molar-refractivity contribution in [3.63, 3.8) is 0 Å². The Bertz CT molecular complexity index is 1120. The summed E-state index contributed by atoms with van der Waals surface area (Å²) in [6, 6.07) is 12.9. The van der Waals surface area contributed by atoms with Crippen molar-refractivity contribution in [2.75, 3.05) is 24.9 Å². The molecule has 0 bridgehead atoms. The van der Waals surface area contributed by atoms with Gasteiger partial charge < -0.3 is 14.2 Å². The van der Waals surface area contributed by atoms with Crippen molar-refractivity contribution in [3.05, 3.63) is 48.0 Å². The first-order valence-electron chi connectivity index (χ1n) is 9.73. The van der Waals surface area contributed by atoms with E-state index in [0.717, 1.165) is 5.75 Å². The molecule has 0 unspecified atom stereocenters. The Morgan fingerprint density at radius 1 is 1.13 bits per heavy atom. The Kier molecular flexibility index (Phi) is 5.94. The summed E-state index contributed by atoms with van der Waals surface area (Å²) >= 11 is 1.46. The standard InChI is InChI=1S/C22H22N4O4S/c1-5-31-22-23-20-18(24-25-22)14-9-6-7-11-16(14)26(13(2)27)21(30-20)15-10-8-12-17(28-3)19(15)29-4/h6-12,21H,5H2,1-4H3/t21-/m0/s1. The molecule has 0 fully saturated rings. The monoisotopic (exact) mass is 438 g/mol. The van der Waals surface area contributed by atoms with E-state index in [-0.39, 0.29) is 5.91 Å². The van der Waals surface area contributed by atoms with Crippen LogP contribution in [0.5, 0.6) is 17.4 Å². The van der Waals surface area contributed by atoms with E-state index >= 15 is 0 Å². The van der Waals surface area contributed by atoms with Crippen LogP contribution in [0.25, 0.3) is 11.3 Å². The van der Waals surface area contributed by atoms with Gasteiger partial charge in [0.2, 0.25) is 23.2 Å². The molecule has 1 aliphatic heterocycles. The van der Waals surface area contributed by atoms with Gasteiger partial charge in [-0.1, -0.05) is 43.0 Å². The molecule has 160 valence electrons. The zero-order valence-corrected chi connectivity index (χ0v) is 18.5. The number of carbonyl (C=O) groups is 1. The molecule has 0 N–H and O–H groups in total. The lowest BCUT2D eigenvalue weighted by atomic mass is 10.1. The smallest absolute Gasteiger partial charge is 0.247 e. The van der Waals surface area contributed by atoms with Crippen molar-refractivity contribution in [1.82, 2.24) is 15.2 Å². The van der Waals surface area contributed by atoms with Crippen molar-refractivity contribution >= 4 is 23.4 Å². The second-order valence-corrected chi connectivity index (χ2v) is 7.87. The van der Waals surface area contributed by atoms with Crippen LogP contribution in [0.15, 0.2) is 47.6 Å². The third-order valence-electron chi connectivity index (χ3n) is 4.82. The fourth-order valence-electron chi connectivity index (χ4n) is 3.55. The number of fused-ring (bicyclic) bond motifs is 3. The predicted octanol–water partition coefficient (Wildman–Crippen LogP) is 4.11. The molecule has 31 heavy (non-hydrogen) atoms. The maximum absolute atomic E-state index is 12.9. The van der Waals surface area contributed by atoms with Crippen molar-refractivity contribution < 1.29 is 19.0 Å². The van der Waals surface area contributed by atoms with E-state index < -0.39 is 6.23 Å². The summed E-state index contributed by atoms with van der Waals surface area (Å²) < 4.78 is 17.5. The summed E-state index contributed by atoms with van der Waals surface area (Å²) in [6.45, 7) is 3.50. The molecule has 8 nitrogen and oxygen atoms in total. The molecule has 1 amide bonds. The number of amides is 1. The first-order valence-corrected chi connectivity index (χ1v) is 10.7. The van der Waals surface area contributed by atoms with E-state index in [2.05, 4.69) is 15.2 Å². The van der Waals surface area contributed by atoms with Crippen LogP contribution >= 0.6 is 11.8 Å². The highest BCUT2D eigenvalue weighted by atomic mass is 32.2. The minimum absolute atomic E-state index is 0.203. The summed E-state index contributed by atoms with van der Waals surface area (Å²) in [6.07, 6.45) is -0.846. The van der Waals surface area contributed by atoms with Gasteiger partial charge in [0.05, 0.1) is 25.5 Å². The summed E-state index contributed by atoms with van der Waals surface area (Å²) in [7, 11) is 3.12. The van der Waals surface area contributed by atoms with Crippen LogP contribution in [0.1, 0.15) is 25.6 Å². The maximum Gasteiger partial charge on any atom is 0.247 e. The lowest BCUT2D eigenvalue weighted by molar-refractivity contribution is -0.118. The Morgan fingerprint density at radius 2 is 1.94 bits per heavy atom. The van der Waals surface area contributed by atoms with E-state index in [9.17, 15) is 4.79 Å². The largest absolute Gasteiger partial charge is 0.493 e. The zero-order chi connectivity index (χ0) is 22.0. The minimum atomic E-state index is -0.846. The quantitative estimate of drug-likeness (QED) is 0.550. The first kappa shape index (κ1) is 20.9. The molecule has 0 spiro atoms. The molecule has 1 aliphatic rings. The molecule has 0 aliphatic carbocycles. The van der Waals surface area contributed by atoms with Gasteiger partial charge in [-0.2, -0.15) is 4.98 Å². The Balaban J connectivity index is 1.98. The number of aromatic nitrogens is 3. The van der Waals surface area contributed by atoms with Gasteiger partial charge >= 0.3 is 0 Å². The summed E-state index contributed by atoms with van der Waals surface area (Å²) in [5.41, 5.74) is 2.47. The number of carbonyl (C=O) groups excluding carboxylic acids is 1. The topological polar surface area (TPSA) is 86.7 Å². The summed E-state index contributed by atoms with van der Waals surface area (Å²) in [5.74, 6) is 1.91. The number of hydrogen-bond donors (Lipinski definition) is 0. The van der Waals surface area contributed by atoms with Crippen LogP contribution in [-0.2, 0) is 4.79 Å². The fourth-order valence-corrected chi connectivity index (χ4v) is 4.06. The van der Waals surface area contributed by atoms with Gasteiger partial charge in [-0.25, -0.2) is 0 Å². The van der Waals surface area contributed by atoms with E-state index in [0.29, 0.717) is 45.0 Å². The SMILES string of the molecule is CCSc1nnc2c(n1)O[C@@H](c1cccc(OC)c1OC)N(C(C)=O)c1ccccc1-2. The molecule has 0 radical (unpaired) electrons. The maximum atomic E-state index is 12.9. The molecule has 9 heteroatoms. The number of nitrogens with zero attached hydrogens (tertiary/aromatic N) is 4. The van der Waals surface area contributed by atoms with E-state index in [4.69, 9.17) is 14.2 Å². The number of benzene rings is 2.